The first-order valence-electron chi connectivity index (χ1n) is 7.19. The third-order valence-corrected chi connectivity index (χ3v) is 5.44. The molecule has 0 saturated carbocycles. The highest BCUT2D eigenvalue weighted by Gasteiger charge is 2.16. The lowest BCUT2D eigenvalue weighted by molar-refractivity contribution is -0.119. The molecule has 2 aromatic carbocycles. The third kappa shape index (κ3) is 4.95. The van der Waals surface area contributed by atoms with E-state index in [-0.39, 0.29) is 26.2 Å². The lowest BCUT2D eigenvalue weighted by Crippen LogP contribution is -2.22. The van der Waals surface area contributed by atoms with E-state index >= 15 is 0 Å². The Morgan fingerprint density at radius 2 is 1.81 bits per heavy atom. The molecule has 0 aliphatic heterocycles. The molecule has 0 aliphatic carbocycles. The Kier molecular flexibility index (Phi) is 6.60. The average molecular weight is 417 g/mol. The van der Waals surface area contributed by atoms with Gasteiger partial charge in [-0.2, -0.15) is 0 Å². The molecule has 0 aliphatic rings. The Bertz CT molecular complexity index is 947. The van der Waals surface area contributed by atoms with Gasteiger partial charge in [0.25, 0.3) is 5.91 Å². The maximum Gasteiger partial charge on any atom is 0.338 e. The highest BCUT2D eigenvalue weighted by atomic mass is 35.5. The molecule has 0 aromatic heterocycles. The molecule has 2 aromatic rings. The number of carbonyl (C=O) groups is 2. The van der Waals surface area contributed by atoms with Gasteiger partial charge in [-0.15, -0.1) is 0 Å². The molecule has 138 valence electrons. The zero-order valence-electron chi connectivity index (χ0n) is 13.5. The van der Waals surface area contributed by atoms with Gasteiger partial charge in [0.2, 0.25) is 10.0 Å². The molecule has 0 radical (unpaired) electrons. The second kappa shape index (κ2) is 8.50. The Balaban J connectivity index is 2.01. The second-order valence-corrected chi connectivity index (χ2v) is 7.63. The minimum absolute atomic E-state index is 0.00471. The van der Waals surface area contributed by atoms with E-state index in [0.29, 0.717) is 0 Å². The minimum atomic E-state index is -3.70. The molecule has 0 atom stereocenters. The number of carbonyl (C=O) groups excluding carboxylic acids is 2. The first kappa shape index (κ1) is 20.2. The van der Waals surface area contributed by atoms with Crippen molar-refractivity contribution in [3.05, 3.63) is 58.1 Å². The number of rotatable bonds is 6. The molecule has 1 amide bonds. The Morgan fingerprint density at radius 1 is 1.12 bits per heavy atom. The van der Waals surface area contributed by atoms with E-state index < -0.39 is 28.5 Å². The summed E-state index contributed by atoms with van der Waals surface area (Å²) in [4.78, 5) is 23.8. The number of nitrogens with one attached hydrogen (secondary N) is 2. The number of benzene rings is 2. The van der Waals surface area contributed by atoms with Crippen molar-refractivity contribution in [3.8, 4) is 0 Å². The molecule has 0 saturated heterocycles. The van der Waals surface area contributed by atoms with Crippen LogP contribution in [-0.4, -0.2) is 33.9 Å². The quantitative estimate of drug-likeness (QED) is 0.704. The molecule has 7 nitrogen and oxygen atoms in total. The standard InChI is InChI=1S/C16H14Cl2N2O5S/c1-19-26(23,24)11-5-2-4-10(8-11)16(22)25-9-14(21)20-13-7-3-6-12(17)15(13)18/h2-8,19H,9H2,1H3,(H,20,21). The van der Waals surface area contributed by atoms with Crippen LogP contribution in [0.4, 0.5) is 5.69 Å². The SMILES string of the molecule is CNS(=O)(=O)c1cccc(C(=O)OCC(=O)Nc2cccc(Cl)c2Cl)c1. The highest BCUT2D eigenvalue weighted by Crippen LogP contribution is 2.29. The predicted molar refractivity (Wildman–Crippen MR) is 98.1 cm³/mol. The van der Waals surface area contributed by atoms with Crippen molar-refractivity contribution >= 4 is 50.8 Å². The monoisotopic (exact) mass is 416 g/mol. The van der Waals surface area contributed by atoms with Gasteiger partial charge in [-0.1, -0.05) is 35.3 Å². The zero-order valence-corrected chi connectivity index (χ0v) is 15.8. The van der Waals surface area contributed by atoms with E-state index in [1.165, 1.54) is 25.2 Å². The van der Waals surface area contributed by atoms with Gasteiger partial charge in [0.15, 0.2) is 6.61 Å². The summed E-state index contributed by atoms with van der Waals surface area (Å²) in [5.41, 5.74) is 0.275. The van der Waals surface area contributed by atoms with E-state index in [0.717, 1.165) is 6.07 Å². The third-order valence-electron chi connectivity index (χ3n) is 3.21. The number of halogens is 2. The molecule has 0 bridgehead atoms. The van der Waals surface area contributed by atoms with Gasteiger partial charge in [0, 0.05) is 0 Å². The molecule has 0 unspecified atom stereocenters. The van der Waals surface area contributed by atoms with Gasteiger partial charge in [-0.05, 0) is 37.4 Å². The zero-order chi connectivity index (χ0) is 19.3. The number of anilines is 1. The van der Waals surface area contributed by atoms with Crippen molar-refractivity contribution in [2.24, 2.45) is 0 Å². The summed E-state index contributed by atoms with van der Waals surface area (Å²) in [6.07, 6.45) is 0. The van der Waals surface area contributed by atoms with Gasteiger partial charge in [-0.25, -0.2) is 17.9 Å². The fraction of sp³-hybridized carbons (Fsp3) is 0.125. The number of amides is 1. The van der Waals surface area contributed by atoms with Crippen LogP contribution in [-0.2, 0) is 19.6 Å². The van der Waals surface area contributed by atoms with Crippen LogP contribution in [0.25, 0.3) is 0 Å². The molecule has 2 rings (SSSR count). The smallest absolute Gasteiger partial charge is 0.338 e. The number of hydrogen-bond acceptors (Lipinski definition) is 5. The van der Waals surface area contributed by atoms with E-state index in [1.54, 1.807) is 18.2 Å². The normalized spacial score (nSPS) is 11.0. The minimum Gasteiger partial charge on any atom is -0.452 e. The van der Waals surface area contributed by atoms with Gasteiger partial charge in [0.05, 0.1) is 26.2 Å². The van der Waals surface area contributed by atoms with Crippen molar-refractivity contribution in [1.82, 2.24) is 4.72 Å². The maximum absolute atomic E-state index is 12.0. The molecule has 0 fully saturated rings. The van der Waals surface area contributed by atoms with E-state index in [4.69, 9.17) is 27.9 Å². The summed E-state index contributed by atoms with van der Waals surface area (Å²) in [5.74, 6) is -1.47. The topological polar surface area (TPSA) is 102 Å². The predicted octanol–water partition coefficient (Wildman–Crippen LogP) is 2.70. The molecule has 2 N–H and O–H groups in total. The van der Waals surface area contributed by atoms with Gasteiger partial charge in [0.1, 0.15) is 0 Å². The summed E-state index contributed by atoms with van der Waals surface area (Å²) in [5, 5.41) is 2.90. The molecule has 26 heavy (non-hydrogen) atoms. The number of hydrogen-bond donors (Lipinski definition) is 2. The first-order valence-corrected chi connectivity index (χ1v) is 9.43. The van der Waals surface area contributed by atoms with Crippen LogP contribution in [0.15, 0.2) is 47.4 Å². The van der Waals surface area contributed by atoms with Crippen molar-refractivity contribution < 1.29 is 22.7 Å². The van der Waals surface area contributed by atoms with Gasteiger partial charge < -0.3 is 10.1 Å². The Morgan fingerprint density at radius 3 is 2.50 bits per heavy atom. The summed E-state index contributed by atoms with van der Waals surface area (Å²) in [6, 6.07) is 9.96. The van der Waals surface area contributed by atoms with Gasteiger partial charge in [-0.3, -0.25) is 4.79 Å². The Hall–Kier alpha value is -2.13. The van der Waals surface area contributed by atoms with Crippen LogP contribution < -0.4 is 10.0 Å². The number of sulfonamides is 1. The fourth-order valence-electron chi connectivity index (χ4n) is 1.91. The van der Waals surface area contributed by atoms with E-state index in [9.17, 15) is 18.0 Å². The lowest BCUT2D eigenvalue weighted by atomic mass is 10.2. The number of ether oxygens (including phenoxy) is 1. The van der Waals surface area contributed by atoms with Crippen molar-refractivity contribution in [1.29, 1.82) is 0 Å². The molecular weight excluding hydrogens is 403 g/mol. The highest BCUT2D eigenvalue weighted by molar-refractivity contribution is 7.89. The van der Waals surface area contributed by atoms with Crippen LogP contribution in [0.3, 0.4) is 0 Å². The van der Waals surface area contributed by atoms with Crippen LogP contribution >= 0.6 is 23.2 Å². The summed E-state index contributed by atoms with van der Waals surface area (Å²) < 4.78 is 30.5. The maximum atomic E-state index is 12.0. The summed E-state index contributed by atoms with van der Waals surface area (Å²) in [6.45, 7) is -0.579. The van der Waals surface area contributed by atoms with Crippen molar-refractivity contribution in [2.75, 3.05) is 19.0 Å². The molecule has 10 heteroatoms. The van der Waals surface area contributed by atoms with Crippen molar-refractivity contribution in [3.63, 3.8) is 0 Å². The van der Waals surface area contributed by atoms with Crippen LogP contribution in [0.2, 0.25) is 10.0 Å². The fourth-order valence-corrected chi connectivity index (χ4v) is 3.03. The van der Waals surface area contributed by atoms with E-state index in [1.807, 2.05) is 0 Å². The van der Waals surface area contributed by atoms with Crippen molar-refractivity contribution in [2.45, 2.75) is 4.90 Å². The molecule has 0 heterocycles. The lowest BCUT2D eigenvalue weighted by Gasteiger charge is -2.09. The summed E-state index contributed by atoms with van der Waals surface area (Å²) >= 11 is 11.8. The van der Waals surface area contributed by atoms with Crippen LogP contribution in [0.1, 0.15) is 10.4 Å². The number of esters is 1. The van der Waals surface area contributed by atoms with Crippen LogP contribution in [0.5, 0.6) is 0 Å². The second-order valence-electron chi connectivity index (χ2n) is 4.96. The average Bonchev–Trinajstić information content (AvgIpc) is 2.63. The van der Waals surface area contributed by atoms with Crippen LogP contribution in [0, 0.1) is 0 Å². The largest absolute Gasteiger partial charge is 0.452 e. The summed E-state index contributed by atoms with van der Waals surface area (Å²) in [7, 11) is -2.44. The molecular formula is C16H14Cl2N2O5S. The molecule has 0 spiro atoms. The van der Waals surface area contributed by atoms with Gasteiger partial charge >= 0.3 is 5.97 Å². The van der Waals surface area contributed by atoms with E-state index in [2.05, 4.69) is 10.0 Å². The first-order chi connectivity index (χ1) is 12.2. The Labute approximate surface area is 160 Å².